The zero-order chi connectivity index (χ0) is 10.5. The van der Waals surface area contributed by atoms with E-state index in [-0.39, 0.29) is 30.8 Å². The quantitative estimate of drug-likeness (QED) is 0.521. The molecule has 0 aliphatic carbocycles. The molecule has 0 N–H and O–H groups in total. The Balaban J connectivity index is 2.53. The van der Waals surface area contributed by atoms with Gasteiger partial charge in [0.1, 0.15) is 0 Å². The first kappa shape index (κ1) is 9.02. The summed E-state index contributed by atoms with van der Waals surface area (Å²) in [5.41, 5.74) is 0. The van der Waals surface area contributed by atoms with Gasteiger partial charge in [0.2, 0.25) is 0 Å². The van der Waals surface area contributed by atoms with Gasteiger partial charge in [0.15, 0.2) is 0 Å². The van der Waals surface area contributed by atoms with Crippen LogP contribution in [-0.4, -0.2) is 30.8 Å². The molecule has 0 bridgehead atoms. The Bertz CT molecular complexity index is 718. The minimum absolute atomic E-state index is 0.00863. The van der Waals surface area contributed by atoms with Crippen molar-refractivity contribution in [2.45, 2.75) is 0 Å². The molecule has 2 aliphatic rings. The van der Waals surface area contributed by atoms with Crippen molar-refractivity contribution in [3.05, 3.63) is 45.7 Å². The average Bonchev–Trinajstić information content (AvgIpc) is 2.36. The molecule has 2 aromatic carbocycles. The fourth-order valence-electron chi connectivity index (χ4n) is 1.94. The van der Waals surface area contributed by atoms with Crippen LogP contribution < -0.4 is 21.4 Å². The van der Waals surface area contributed by atoms with Crippen LogP contribution in [0.5, 0.6) is 0 Å². The first-order valence-electron chi connectivity index (χ1n) is 4.70. The van der Waals surface area contributed by atoms with Crippen molar-refractivity contribution in [1.29, 1.82) is 0 Å². The van der Waals surface area contributed by atoms with Gasteiger partial charge in [0.25, 0.3) is 0 Å². The SMILES string of the molecule is c1cc2c3c(ccc4c3c1=N[Se]N=4)=N[Se]N=2. The summed E-state index contributed by atoms with van der Waals surface area (Å²) in [6, 6.07) is 8.19. The Morgan fingerprint density at radius 1 is 0.562 bits per heavy atom. The molecule has 0 fully saturated rings. The van der Waals surface area contributed by atoms with Crippen molar-refractivity contribution < 1.29 is 0 Å². The average molecular weight is 338 g/mol. The van der Waals surface area contributed by atoms with Gasteiger partial charge < -0.3 is 0 Å². The van der Waals surface area contributed by atoms with Crippen LogP contribution in [0.25, 0.3) is 10.8 Å². The van der Waals surface area contributed by atoms with Gasteiger partial charge in [-0.3, -0.25) is 0 Å². The predicted molar refractivity (Wildman–Crippen MR) is 60.1 cm³/mol. The zero-order valence-electron chi connectivity index (χ0n) is 7.91. The van der Waals surface area contributed by atoms with Gasteiger partial charge in [-0.05, 0) is 0 Å². The second-order valence-electron chi connectivity index (χ2n) is 3.49. The topological polar surface area (TPSA) is 49.4 Å². The van der Waals surface area contributed by atoms with Gasteiger partial charge in [-0.15, -0.1) is 0 Å². The molecular weight excluding hydrogens is 334 g/mol. The van der Waals surface area contributed by atoms with E-state index in [0.717, 1.165) is 32.2 Å². The molecule has 2 aliphatic heterocycles. The third kappa shape index (κ3) is 1.10. The minimum atomic E-state index is -0.00863. The van der Waals surface area contributed by atoms with Gasteiger partial charge >= 0.3 is 103 Å². The molecule has 0 amide bonds. The summed E-state index contributed by atoms with van der Waals surface area (Å²) < 4.78 is 17.9. The van der Waals surface area contributed by atoms with E-state index >= 15 is 0 Å². The van der Waals surface area contributed by atoms with Crippen LogP contribution in [0.1, 0.15) is 0 Å². The van der Waals surface area contributed by atoms with Crippen molar-refractivity contribution in [1.82, 2.24) is 0 Å². The summed E-state index contributed by atoms with van der Waals surface area (Å²) in [6.07, 6.45) is 0. The van der Waals surface area contributed by atoms with Gasteiger partial charge in [-0.2, -0.15) is 0 Å². The van der Waals surface area contributed by atoms with Crippen LogP contribution in [0.4, 0.5) is 0 Å². The van der Waals surface area contributed by atoms with E-state index in [1.165, 1.54) is 0 Å². The third-order valence-corrected chi connectivity index (χ3v) is 4.97. The maximum absolute atomic E-state index is 4.47. The Morgan fingerprint density at radius 3 is 1.19 bits per heavy atom. The van der Waals surface area contributed by atoms with Crippen LogP contribution in [0.15, 0.2) is 40.3 Å². The normalized spacial score (nSPS) is 15.8. The maximum atomic E-state index is 4.47. The van der Waals surface area contributed by atoms with Crippen LogP contribution in [0.3, 0.4) is 0 Å². The molecule has 2 heterocycles. The monoisotopic (exact) mass is 340 g/mol. The Hall–Kier alpha value is -1.06. The van der Waals surface area contributed by atoms with Crippen molar-refractivity contribution in [3.8, 4) is 0 Å². The van der Waals surface area contributed by atoms with Gasteiger partial charge in [-0.1, -0.05) is 0 Å². The van der Waals surface area contributed by atoms with Gasteiger partial charge in [-0.25, -0.2) is 0 Å². The molecule has 2 aromatic rings. The van der Waals surface area contributed by atoms with Crippen molar-refractivity contribution >= 4 is 41.6 Å². The number of rotatable bonds is 0. The Morgan fingerprint density at radius 2 is 0.875 bits per heavy atom. The second kappa shape index (κ2) is 3.22. The van der Waals surface area contributed by atoms with E-state index in [1.54, 1.807) is 0 Å². The summed E-state index contributed by atoms with van der Waals surface area (Å²) in [4.78, 5) is 0. The van der Waals surface area contributed by atoms with E-state index in [1.807, 2.05) is 24.3 Å². The van der Waals surface area contributed by atoms with Gasteiger partial charge in [0, 0.05) is 0 Å². The summed E-state index contributed by atoms with van der Waals surface area (Å²) >= 11 is -0.0173. The fraction of sp³-hybridized carbons (Fsp3) is 0. The summed E-state index contributed by atoms with van der Waals surface area (Å²) in [7, 11) is 0. The zero-order valence-corrected chi connectivity index (χ0v) is 11.3. The Kier molecular flexibility index (Phi) is 1.81. The number of hydrogen-bond acceptors (Lipinski definition) is 4. The third-order valence-electron chi connectivity index (χ3n) is 2.63. The Labute approximate surface area is 103 Å². The molecule has 76 valence electrons. The number of hydrogen-bond donors (Lipinski definition) is 0. The van der Waals surface area contributed by atoms with E-state index in [0.29, 0.717) is 0 Å². The first-order valence-corrected chi connectivity index (χ1v) is 7.76. The van der Waals surface area contributed by atoms with Crippen LogP contribution >= 0.6 is 0 Å². The molecule has 0 aromatic heterocycles. The van der Waals surface area contributed by atoms with E-state index in [2.05, 4.69) is 16.0 Å². The first-order chi connectivity index (χ1) is 7.93. The van der Waals surface area contributed by atoms with E-state index in [9.17, 15) is 0 Å². The molecular formula is C10H4N4Se2. The van der Waals surface area contributed by atoms with Crippen molar-refractivity contribution in [2.24, 2.45) is 16.0 Å². The van der Waals surface area contributed by atoms with Gasteiger partial charge in [0.05, 0.1) is 0 Å². The van der Waals surface area contributed by atoms with Crippen molar-refractivity contribution in [2.75, 3.05) is 0 Å². The molecule has 0 atom stereocenters. The second-order valence-corrected chi connectivity index (χ2v) is 5.70. The predicted octanol–water partition coefficient (Wildman–Crippen LogP) is -1.59. The molecule has 0 radical (unpaired) electrons. The molecule has 0 saturated carbocycles. The summed E-state index contributed by atoms with van der Waals surface area (Å²) in [5, 5.41) is 6.45. The molecule has 0 spiro atoms. The standard InChI is InChI=1S/C10H4N4Se2/c1-2-6-10-8(14-16-12-6)4-3-7-9(10)5(1)11-15-13-7/h1-4H. The number of benzene rings is 2. The van der Waals surface area contributed by atoms with Crippen LogP contribution in [0, 0.1) is 0 Å². The molecule has 4 nitrogen and oxygen atoms in total. The molecule has 4 rings (SSSR count). The van der Waals surface area contributed by atoms with Crippen molar-refractivity contribution in [3.63, 3.8) is 0 Å². The fourth-order valence-corrected chi connectivity index (χ4v) is 4.13. The van der Waals surface area contributed by atoms with Crippen LogP contribution in [-0.2, 0) is 0 Å². The molecule has 16 heavy (non-hydrogen) atoms. The molecule has 0 unspecified atom stereocenters. The van der Waals surface area contributed by atoms with E-state index < -0.39 is 0 Å². The molecule has 0 saturated heterocycles. The summed E-state index contributed by atoms with van der Waals surface area (Å²) in [6.45, 7) is 0. The van der Waals surface area contributed by atoms with Crippen LogP contribution in [0.2, 0.25) is 0 Å². The number of nitrogens with zero attached hydrogens (tertiary/aromatic N) is 4. The molecule has 6 heteroatoms. The summed E-state index contributed by atoms with van der Waals surface area (Å²) in [5.74, 6) is 0. The van der Waals surface area contributed by atoms with E-state index in [4.69, 9.17) is 0 Å².